The van der Waals surface area contributed by atoms with Crippen LogP contribution in [0.5, 0.6) is 0 Å². The molecule has 1 saturated carbocycles. The molecular formula is C13H26. The normalized spacial score (nSPS) is 40.6. The second kappa shape index (κ2) is 3.00. The molecule has 0 aliphatic heterocycles. The Labute approximate surface area is 84.1 Å². The van der Waals surface area contributed by atoms with Gasteiger partial charge in [-0.2, -0.15) is 0 Å². The lowest BCUT2D eigenvalue weighted by molar-refractivity contribution is -0.122. The van der Waals surface area contributed by atoms with Crippen LogP contribution in [0.1, 0.15) is 54.9 Å². The van der Waals surface area contributed by atoms with E-state index in [1.54, 1.807) is 0 Å². The van der Waals surface area contributed by atoms with Gasteiger partial charge in [-0.3, -0.25) is 0 Å². The third-order valence-electron chi connectivity index (χ3n) is 5.52. The molecule has 0 aromatic rings. The molecule has 13 heavy (non-hydrogen) atoms. The smallest absolute Gasteiger partial charge is 0.0241 e. The Balaban J connectivity index is 2.83. The molecule has 78 valence electrons. The molecule has 0 heterocycles. The Morgan fingerprint density at radius 1 is 1.23 bits per heavy atom. The van der Waals surface area contributed by atoms with E-state index in [9.17, 15) is 0 Å². The monoisotopic (exact) mass is 182 g/mol. The van der Waals surface area contributed by atoms with E-state index < -0.39 is 0 Å². The number of hydrogen-bond donors (Lipinski definition) is 0. The average molecular weight is 182 g/mol. The van der Waals surface area contributed by atoms with Crippen molar-refractivity contribution in [3.63, 3.8) is 0 Å². The van der Waals surface area contributed by atoms with E-state index in [0.29, 0.717) is 10.8 Å². The van der Waals surface area contributed by atoms with E-state index in [1.807, 2.05) is 0 Å². The molecule has 0 spiro atoms. The fraction of sp³-hybridized carbons (Fsp3) is 1.00. The van der Waals surface area contributed by atoms with Gasteiger partial charge in [-0.15, -0.1) is 0 Å². The molecule has 3 atom stereocenters. The summed E-state index contributed by atoms with van der Waals surface area (Å²) in [7, 11) is 0. The van der Waals surface area contributed by atoms with Gasteiger partial charge in [0.2, 0.25) is 0 Å². The van der Waals surface area contributed by atoms with Gasteiger partial charge in [-0.05, 0) is 35.0 Å². The highest BCUT2D eigenvalue weighted by Crippen LogP contribution is 2.62. The molecule has 0 bridgehead atoms. The molecule has 0 saturated heterocycles. The average Bonchev–Trinajstić information content (AvgIpc) is 2.03. The van der Waals surface area contributed by atoms with Gasteiger partial charge in [0.05, 0.1) is 0 Å². The topological polar surface area (TPSA) is 0 Å². The van der Waals surface area contributed by atoms with Gasteiger partial charge in [0.15, 0.2) is 0 Å². The lowest BCUT2D eigenvalue weighted by Gasteiger charge is -2.61. The van der Waals surface area contributed by atoms with Crippen molar-refractivity contribution in [2.45, 2.75) is 54.9 Å². The number of hydrogen-bond acceptors (Lipinski definition) is 0. The summed E-state index contributed by atoms with van der Waals surface area (Å²) in [4.78, 5) is 0. The molecule has 1 fully saturated rings. The van der Waals surface area contributed by atoms with E-state index in [2.05, 4.69) is 48.5 Å². The van der Waals surface area contributed by atoms with E-state index >= 15 is 0 Å². The highest BCUT2D eigenvalue weighted by molar-refractivity contribution is 5.03. The zero-order valence-corrected chi connectivity index (χ0v) is 10.4. The maximum absolute atomic E-state index is 2.48. The van der Waals surface area contributed by atoms with Gasteiger partial charge in [0, 0.05) is 0 Å². The van der Waals surface area contributed by atoms with Crippen LogP contribution in [0.4, 0.5) is 0 Å². The van der Waals surface area contributed by atoms with Crippen LogP contribution < -0.4 is 0 Å². The summed E-state index contributed by atoms with van der Waals surface area (Å²) in [5.41, 5.74) is 1.06. The minimum atomic E-state index is 0.485. The summed E-state index contributed by atoms with van der Waals surface area (Å²) in [6.45, 7) is 16.9. The van der Waals surface area contributed by atoms with Crippen LogP contribution in [0.25, 0.3) is 0 Å². The van der Waals surface area contributed by atoms with Crippen molar-refractivity contribution in [1.29, 1.82) is 0 Å². The molecule has 0 aromatic heterocycles. The predicted molar refractivity (Wildman–Crippen MR) is 59.7 cm³/mol. The second-order valence-corrected chi connectivity index (χ2v) is 6.26. The summed E-state index contributed by atoms with van der Waals surface area (Å²) in [5, 5.41) is 0. The molecular weight excluding hydrogens is 156 g/mol. The SMILES string of the molecule is CC1CC(C)(C(C)(C)C(C)C)C1C. The second-order valence-electron chi connectivity index (χ2n) is 6.26. The van der Waals surface area contributed by atoms with Crippen molar-refractivity contribution >= 4 is 0 Å². The van der Waals surface area contributed by atoms with Crippen LogP contribution in [-0.4, -0.2) is 0 Å². The zero-order valence-electron chi connectivity index (χ0n) is 10.4. The highest BCUT2D eigenvalue weighted by atomic mass is 14.6. The fourth-order valence-electron chi connectivity index (χ4n) is 3.01. The van der Waals surface area contributed by atoms with Crippen LogP contribution in [-0.2, 0) is 0 Å². The lowest BCUT2D eigenvalue weighted by atomic mass is 9.44. The maximum atomic E-state index is 2.48. The molecule has 0 nitrogen and oxygen atoms in total. The van der Waals surface area contributed by atoms with E-state index in [1.165, 1.54) is 6.42 Å². The Kier molecular flexibility index (Phi) is 2.56. The van der Waals surface area contributed by atoms with E-state index in [4.69, 9.17) is 0 Å². The largest absolute Gasteiger partial charge is 0.0622 e. The first kappa shape index (κ1) is 11.1. The van der Waals surface area contributed by atoms with Crippen LogP contribution >= 0.6 is 0 Å². The molecule has 3 unspecified atom stereocenters. The van der Waals surface area contributed by atoms with Gasteiger partial charge >= 0.3 is 0 Å². The van der Waals surface area contributed by atoms with Crippen molar-refractivity contribution in [1.82, 2.24) is 0 Å². The summed E-state index contributed by atoms with van der Waals surface area (Å²) in [6.07, 6.45) is 1.42. The molecule has 1 aliphatic rings. The molecule has 0 aromatic carbocycles. The van der Waals surface area contributed by atoms with Crippen molar-refractivity contribution < 1.29 is 0 Å². The fourth-order valence-corrected chi connectivity index (χ4v) is 3.01. The maximum Gasteiger partial charge on any atom is -0.0241 e. The third kappa shape index (κ3) is 1.33. The summed E-state index contributed by atoms with van der Waals surface area (Å²) in [6, 6.07) is 0. The van der Waals surface area contributed by atoms with Crippen LogP contribution in [0, 0.1) is 28.6 Å². The first-order chi connectivity index (χ1) is 5.73. The molecule has 1 aliphatic carbocycles. The molecule has 0 radical (unpaired) electrons. The minimum Gasteiger partial charge on any atom is -0.0622 e. The van der Waals surface area contributed by atoms with Crippen molar-refractivity contribution in [3.8, 4) is 0 Å². The predicted octanol–water partition coefficient (Wildman–Crippen LogP) is 4.35. The third-order valence-corrected chi connectivity index (χ3v) is 5.52. The van der Waals surface area contributed by atoms with Crippen LogP contribution in [0.15, 0.2) is 0 Å². The summed E-state index contributed by atoms with van der Waals surface area (Å²) in [5.74, 6) is 2.61. The van der Waals surface area contributed by atoms with E-state index in [0.717, 1.165) is 17.8 Å². The number of rotatable bonds is 2. The van der Waals surface area contributed by atoms with Crippen molar-refractivity contribution in [2.75, 3.05) is 0 Å². The van der Waals surface area contributed by atoms with Crippen LogP contribution in [0.2, 0.25) is 0 Å². The lowest BCUT2D eigenvalue weighted by Crippen LogP contribution is -2.54. The Hall–Kier alpha value is 0. The molecule has 0 N–H and O–H groups in total. The van der Waals surface area contributed by atoms with E-state index in [-0.39, 0.29) is 0 Å². The Bertz CT molecular complexity index is 190. The van der Waals surface area contributed by atoms with Gasteiger partial charge in [0.1, 0.15) is 0 Å². The Morgan fingerprint density at radius 3 is 1.92 bits per heavy atom. The standard InChI is InChI=1S/C13H26/c1-9(2)12(5,6)13(7)8-10(3)11(13)4/h9-11H,8H2,1-7H3. The van der Waals surface area contributed by atoms with Gasteiger partial charge in [-0.25, -0.2) is 0 Å². The summed E-state index contributed by atoms with van der Waals surface area (Å²) >= 11 is 0. The highest BCUT2D eigenvalue weighted by Gasteiger charge is 2.54. The van der Waals surface area contributed by atoms with Crippen molar-refractivity contribution in [2.24, 2.45) is 28.6 Å². The summed E-state index contributed by atoms with van der Waals surface area (Å²) < 4.78 is 0. The molecule has 0 amide bonds. The van der Waals surface area contributed by atoms with Gasteiger partial charge in [0.25, 0.3) is 0 Å². The zero-order chi connectivity index (χ0) is 10.4. The minimum absolute atomic E-state index is 0.485. The quantitative estimate of drug-likeness (QED) is 0.595. The molecule has 1 rings (SSSR count). The first-order valence-electron chi connectivity index (χ1n) is 5.73. The van der Waals surface area contributed by atoms with Gasteiger partial charge in [-0.1, -0.05) is 48.5 Å². The van der Waals surface area contributed by atoms with Gasteiger partial charge < -0.3 is 0 Å². The molecule has 0 heteroatoms. The van der Waals surface area contributed by atoms with Crippen LogP contribution in [0.3, 0.4) is 0 Å². The van der Waals surface area contributed by atoms with Crippen molar-refractivity contribution in [3.05, 3.63) is 0 Å². The Morgan fingerprint density at radius 2 is 1.69 bits per heavy atom. The first-order valence-corrected chi connectivity index (χ1v) is 5.73.